The lowest BCUT2D eigenvalue weighted by Gasteiger charge is -2.35. The van der Waals surface area contributed by atoms with E-state index in [4.69, 9.17) is 0 Å². The third kappa shape index (κ3) is 5.38. The van der Waals surface area contributed by atoms with Crippen LogP contribution < -0.4 is 16.2 Å². The minimum atomic E-state index is -0.302. The van der Waals surface area contributed by atoms with Crippen LogP contribution in [0.3, 0.4) is 0 Å². The maximum Gasteiger partial charge on any atom is 0.224 e. The lowest BCUT2D eigenvalue weighted by atomic mass is 9.95. The van der Waals surface area contributed by atoms with Crippen LogP contribution in [0, 0.1) is 11.7 Å². The third-order valence-corrected chi connectivity index (χ3v) is 5.90. The molecule has 3 heterocycles. The van der Waals surface area contributed by atoms with Crippen molar-refractivity contribution < 1.29 is 9.18 Å². The van der Waals surface area contributed by atoms with Gasteiger partial charge in [-0.1, -0.05) is 18.2 Å². The molecule has 29 heavy (non-hydrogen) atoms. The van der Waals surface area contributed by atoms with Gasteiger partial charge in [0, 0.05) is 18.9 Å². The predicted molar refractivity (Wildman–Crippen MR) is 109 cm³/mol. The average molecular weight is 397 g/mol. The third-order valence-electron chi connectivity index (χ3n) is 5.90. The highest BCUT2D eigenvalue weighted by atomic mass is 19.1. The molecule has 2 aromatic rings. The lowest BCUT2D eigenvalue weighted by Crippen LogP contribution is -2.49. The van der Waals surface area contributed by atoms with Crippen molar-refractivity contribution >= 4 is 5.91 Å². The number of hydrogen-bond acceptors (Lipinski definition) is 5. The summed E-state index contributed by atoms with van der Waals surface area (Å²) in [6.07, 6.45) is 7.41. The molecular weight excluding hydrogens is 369 g/mol. The summed E-state index contributed by atoms with van der Waals surface area (Å²) in [5.41, 5.74) is 8.72. The Morgan fingerprint density at radius 3 is 2.83 bits per heavy atom. The normalized spacial score (nSPS) is 23.2. The summed E-state index contributed by atoms with van der Waals surface area (Å²) in [6, 6.07) is 10.6. The Kier molecular flexibility index (Phi) is 6.49. The van der Waals surface area contributed by atoms with Crippen molar-refractivity contribution in [1.29, 1.82) is 0 Å². The smallest absolute Gasteiger partial charge is 0.224 e. The van der Waals surface area contributed by atoms with E-state index in [9.17, 15) is 9.18 Å². The number of carbonyl (C=O) groups is 1. The van der Waals surface area contributed by atoms with Gasteiger partial charge in [0.05, 0.1) is 18.6 Å². The highest BCUT2D eigenvalue weighted by Gasteiger charge is 2.31. The molecule has 2 saturated heterocycles. The van der Waals surface area contributed by atoms with Crippen LogP contribution in [0.2, 0.25) is 0 Å². The number of nitrogens with one attached hydrogen (secondary N) is 3. The molecule has 1 amide bonds. The molecule has 0 saturated carbocycles. The molecule has 2 unspecified atom stereocenters. The summed E-state index contributed by atoms with van der Waals surface area (Å²) in [4.78, 5) is 18.8. The van der Waals surface area contributed by atoms with E-state index in [0.29, 0.717) is 24.2 Å². The Hall–Kier alpha value is -2.35. The van der Waals surface area contributed by atoms with Crippen molar-refractivity contribution in [2.24, 2.45) is 5.92 Å². The first-order chi connectivity index (χ1) is 14.2. The van der Waals surface area contributed by atoms with Gasteiger partial charge in [-0.25, -0.2) is 15.2 Å². The number of piperidine rings is 1. The SMILES string of the molecule is O=C(Cc1cccc(F)c1)NCC1CCN(C2CC(c3cccnc3)NN2)CC1. The number of likely N-dealkylation sites (tertiary alicyclic amines) is 1. The molecular formula is C22H28FN5O. The highest BCUT2D eigenvalue weighted by molar-refractivity contribution is 5.78. The van der Waals surface area contributed by atoms with Crippen molar-refractivity contribution in [3.05, 3.63) is 65.7 Å². The Balaban J connectivity index is 1.18. The molecule has 7 heteroatoms. The van der Waals surface area contributed by atoms with Gasteiger partial charge in [0.1, 0.15) is 5.82 Å². The predicted octanol–water partition coefficient (Wildman–Crippen LogP) is 2.16. The number of aromatic nitrogens is 1. The number of halogens is 1. The van der Waals surface area contributed by atoms with Gasteiger partial charge in [-0.3, -0.25) is 14.7 Å². The second-order valence-corrected chi connectivity index (χ2v) is 7.97. The number of benzene rings is 1. The molecule has 6 nitrogen and oxygen atoms in total. The van der Waals surface area contributed by atoms with Crippen molar-refractivity contribution in [3.8, 4) is 0 Å². The fourth-order valence-electron chi connectivity index (χ4n) is 4.20. The largest absolute Gasteiger partial charge is 0.356 e. The van der Waals surface area contributed by atoms with Crippen molar-refractivity contribution in [2.45, 2.75) is 37.9 Å². The van der Waals surface area contributed by atoms with Crippen LogP contribution in [0.25, 0.3) is 0 Å². The lowest BCUT2D eigenvalue weighted by molar-refractivity contribution is -0.120. The molecule has 4 rings (SSSR count). The number of rotatable bonds is 6. The van der Waals surface area contributed by atoms with Crippen molar-refractivity contribution in [1.82, 2.24) is 26.1 Å². The molecule has 0 bridgehead atoms. The summed E-state index contributed by atoms with van der Waals surface area (Å²) in [7, 11) is 0. The van der Waals surface area contributed by atoms with Crippen LogP contribution in [0.15, 0.2) is 48.8 Å². The second-order valence-electron chi connectivity index (χ2n) is 7.97. The molecule has 154 valence electrons. The van der Waals surface area contributed by atoms with Gasteiger partial charge in [0.2, 0.25) is 5.91 Å². The number of hydrazine groups is 1. The van der Waals surface area contributed by atoms with E-state index in [-0.39, 0.29) is 24.2 Å². The first kappa shape index (κ1) is 19.9. The molecule has 0 radical (unpaired) electrons. The highest BCUT2D eigenvalue weighted by Crippen LogP contribution is 2.26. The number of nitrogens with zero attached hydrogens (tertiary/aromatic N) is 2. The molecule has 1 aromatic heterocycles. The monoisotopic (exact) mass is 397 g/mol. The first-order valence-electron chi connectivity index (χ1n) is 10.3. The van der Waals surface area contributed by atoms with E-state index in [1.807, 2.05) is 12.3 Å². The molecule has 2 aliphatic rings. The summed E-state index contributed by atoms with van der Waals surface area (Å²) in [5.74, 6) is 0.147. The fourth-order valence-corrected chi connectivity index (χ4v) is 4.20. The van der Waals surface area contributed by atoms with Gasteiger partial charge >= 0.3 is 0 Å². The van der Waals surface area contributed by atoms with E-state index in [1.54, 1.807) is 18.3 Å². The minimum Gasteiger partial charge on any atom is -0.356 e. The van der Waals surface area contributed by atoms with Gasteiger partial charge in [0.25, 0.3) is 0 Å². The zero-order chi connectivity index (χ0) is 20.1. The van der Waals surface area contributed by atoms with Crippen LogP contribution >= 0.6 is 0 Å². The Bertz CT molecular complexity index is 810. The molecule has 2 fully saturated rings. The number of hydrogen-bond donors (Lipinski definition) is 3. The summed E-state index contributed by atoms with van der Waals surface area (Å²) >= 11 is 0. The van der Waals surface area contributed by atoms with Gasteiger partial charge < -0.3 is 5.32 Å². The molecule has 0 aliphatic carbocycles. The Morgan fingerprint density at radius 2 is 2.07 bits per heavy atom. The first-order valence-corrected chi connectivity index (χ1v) is 10.3. The van der Waals surface area contributed by atoms with Crippen LogP contribution in [-0.2, 0) is 11.2 Å². The average Bonchev–Trinajstić information content (AvgIpc) is 3.24. The Labute approximate surface area is 170 Å². The van der Waals surface area contributed by atoms with Crippen LogP contribution in [0.5, 0.6) is 0 Å². The minimum absolute atomic E-state index is 0.0426. The zero-order valence-corrected chi connectivity index (χ0v) is 16.5. The standard InChI is InChI=1S/C22H28FN5O/c23-19-5-1-3-17(11-19)12-22(29)25-14-16-6-9-28(10-7-16)21-13-20(26-27-21)18-4-2-8-24-15-18/h1-5,8,11,15-16,20-21,26-27H,6-7,9-10,12-14H2,(H,25,29). The number of amides is 1. The molecule has 3 N–H and O–H groups in total. The molecule has 2 atom stereocenters. The summed E-state index contributed by atoms with van der Waals surface area (Å²) < 4.78 is 13.2. The molecule has 2 aliphatic heterocycles. The van der Waals surface area contributed by atoms with Crippen molar-refractivity contribution in [2.75, 3.05) is 19.6 Å². The van der Waals surface area contributed by atoms with Gasteiger partial charge in [-0.05, 0) is 67.6 Å². The second kappa shape index (κ2) is 9.43. The van der Waals surface area contributed by atoms with E-state index in [2.05, 4.69) is 32.1 Å². The summed E-state index contributed by atoms with van der Waals surface area (Å²) in [6.45, 7) is 2.73. The quantitative estimate of drug-likeness (QED) is 0.697. The maximum atomic E-state index is 13.2. The zero-order valence-electron chi connectivity index (χ0n) is 16.5. The van der Waals surface area contributed by atoms with Crippen LogP contribution in [0.1, 0.15) is 36.4 Å². The summed E-state index contributed by atoms with van der Waals surface area (Å²) in [5, 5.41) is 3.02. The van der Waals surface area contributed by atoms with Crippen LogP contribution in [-0.4, -0.2) is 41.6 Å². The van der Waals surface area contributed by atoms with Gasteiger partial charge in [0.15, 0.2) is 0 Å². The molecule has 1 aromatic carbocycles. The van der Waals surface area contributed by atoms with E-state index in [0.717, 1.165) is 32.4 Å². The fraction of sp³-hybridized carbons (Fsp3) is 0.455. The van der Waals surface area contributed by atoms with Crippen LogP contribution in [0.4, 0.5) is 4.39 Å². The van der Waals surface area contributed by atoms with Crippen molar-refractivity contribution in [3.63, 3.8) is 0 Å². The number of carbonyl (C=O) groups excluding carboxylic acids is 1. The van der Waals surface area contributed by atoms with Gasteiger partial charge in [-0.2, -0.15) is 0 Å². The van der Waals surface area contributed by atoms with Gasteiger partial charge in [-0.15, -0.1) is 0 Å². The van der Waals surface area contributed by atoms with E-state index in [1.165, 1.54) is 17.7 Å². The van der Waals surface area contributed by atoms with E-state index < -0.39 is 0 Å². The maximum absolute atomic E-state index is 13.2. The van der Waals surface area contributed by atoms with E-state index >= 15 is 0 Å². The topological polar surface area (TPSA) is 69.3 Å². The Morgan fingerprint density at radius 1 is 1.21 bits per heavy atom. The molecule has 0 spiro atoms. The number of pyridine rings is 1.